The van der Waals surface area contributed by atoms with Crippen molar-refractivity contribution < 1.29 is 13.2 Å². The molecule has 11 heteroatoms. The third-order valence-electron chi connectivity index (χ3n) is 5.44. The highest BCUT2D eigenvalue weighted by Gasteiger charge is 2.35. The minimum atomic E-state index is -3.71. The molecule has 0 spiro atoms. The van der Waals surface area contributed by atoms with Crippen LogP contribution in [-0.4, -0.2) is 50.5 Å². The Hall–Kier alpha value is -2.43. The fourth-order valence-corrected chi connectivity index (χ4v) is 5.13. The lowest BCUT2D eigenvalue weighted by Crippen LogP contribution is -2.30. The topological polar surface area (TPSA) is 113 Å². The molecule has 0 amide bonds. The zero-order chi connectivity index (χ0) is 23.3. The largest absolute Gasteiger partial charge is 0.372 e. The third kappa shape index (κ3) is 5.13. The predicted octanol–water partition coefficient (Wildman–Crippen LogP) is 3.84. The molecular formula is C21H27ClN6O3S. The van der Waals surface area contributed by atoms with Crippen molar-refractivity contribution >= 4 is 21.4 Å². The average molecular weight is 479 g/mol. The lowest BCUT2D eigenvalue weighted by atomic mass is 10.1. The van der Waals surface area contributed by atoms with Gasteiger partial charge in [0, 0.05) is 31.7 Å². The normalized spacial score (nSPS) is 13.9. The number of ether oxygens (including phenoxy) is 1. The zero-order valence-electron chi connectivity index (χ0n) is 18.5. The molecule has 3 aromatic rings. The van der Waals surface area contributed by atoms with Crippen LogP contribution in [0.1, 0.15) is 57.4 Å². The summed E-state index contributed by atoms with van der Waals surface area (Å²) in [7, 11) is -2.27. The van der Waals surface area contributed by atoms with E-state index in [1.54, 1.807) is 13.1 Å². The predicted molar refractivity (Wildman–Crippen MR) is 122 cm³/mol. The van der Waals surface area contributed by atoms with Gasteiger partial charge < -0.3 is 9.30 Å². The summed E-state index contributed by atoms with van der Waals surface area (Å²) >= 11 is 5.86. The van der Waals surface area contributed by atoms with E-state index < -0.39 is 21.2 Å². The molecule has 0 aromatic carbocycles. The zero-order valence-corrected chi connectivity index (χ0v) is 20.1. The molecule has 9 nitrogen and oxygen atoms in total. The molecule has 0 aliphatic heterocycles. The van der Waals surface area contributed by atoms with Crippen molar-refractivity contribution in [2.75, 3.05) is 7.11 Å². The van der Waals surface area contributed by atoms with Crippen molar-refractivity contribution in [3.8, 4) is 11.5 Å². The summed E-state index contributed by atoms with van der Waals surface area (Å²) in [5.41, 5.74) is 0.646. The van der Waals surface area contributed by atoms with Gasteiger partial charge in [0.15, 0.2) is 21.5 Å². The van der Waals surface area contributed by atoms with E-state index in [0.717, 1.165) is 12.8 Å². The Morgan fingerprint density at radius 3 is 2.34 bits per heavy atom. The summed E-state index contributed by atoms with van der Waals surface area (Å²) in [5, 5.41) is 7.99. The van der Waals surface area contributed by atoms with Crippen molar-refractivity contribution in [1.82, 2.24) is 29.7 Å². The Kier molecular flexibility index (Phi) is 7.91. The Morgan fingerprint density at radius 1 is 1.09 bits per heavy atom. The standard InChI is InChI=1S/C21H27ClN6O3S/c1-5-16(6-2)28-18(26-27-21(28)17-9-7-8-10-23-17)13-32(29,30)14(3)19(31-4)20-24-11-15(22)12-25-20/h7-12,14,16,19H,5-6,13H2,1-4H3/t14-,19-/m0/s1. The molecule has 0 N–H and O–H groups in total. The fourth-order valence-electron chi connectivity index (χ4n) is 3.61. The highest BCUT2D eigenvalue weighted by Crippen LogP contribution is 2.29. The molecular weight excluding hydrogens is 452 g/mol. The molecule has 3 aromatic heterocycles. The second kappa shape index (κ2) is 10.5. The van der Waals surface area contributed by atoms with Gasteiger partial charge in [0.1, 0.15) is 23.4 Å². The number of halogens is 1. The molecule has 0 unspecified atom stereocenters. The van der Waals surface area contributed by atoms with Gasteiger partial charge in [0.25, 0.3) is 0 Å². The molecule has 0 aliphatic rings. The Bertz CT molecular complexity index is 1120. The minimum absolute atomic E-state index is 0.0420. The molecule has 0 aliphatic carbocycles. The van der Waals surface area contributed by atoms with E-state index in [4.69, 9.17) is 16.3 Å². The smallest absolute Gasteiger partial charge is 0.182 e. The second-order valence-electron chi connectivity index (χ2n) is 7.42. The van der Waals surface area contributed by atoms with E-state index in [2.05, 4.69) is 39.0 Å². The fraction of sp³-hybridized carbons (Fsp3) is 0.476. The number of sulfone groups is 1. The first kappa shape index (κ1) is 24.2. The van der Waals surface area contributed by atoms with E-state index in [0.29, 0.717) is 22.4 Å². The van der Waals surface area contributed by atoms with Gasteiger partial charge in [-0.15, -0.1) is 10.2 Å². The maximum atomic E-state index is 13.4. The van der Waals surface area contributed by atoms with E-state index in [1.165, 1.54) is 19.5 Å². The first-order chi connectivity index (χ1) is 15.3. The van der Waals surface area contributed by atoms with Gasteiger partial charge in [0.2, 0.25) is 0 Å². The molecule has 2 atom stereocenters. The third-order valence-corrected chi connectivity index (χ3v) is 7.68. The summed E-state index contributed by atoms with van der Waals surface area (Å²) in [5.74, 6) is 0.890. The highest BCUT2D eigenvalue weighted by molar-refractivity contribution is 7.91. The monoisotopic (exact) mass is 478 g/mol. The van der Waals surface area contributed by atoms with Crippen LogP contribution in [0, 0.1) is 0 Å². The first-order valence-corrected chi connectivity index (χ1v) is 12.5. The number of hydrogen-bond donors (Lipinski definition) is 0. The van der Waals surface area contributed by atoms with Crippen LogP contribution >= 0.6 is 11.6 Å². The van der Waals surface area contributed by atoms with Crippen LogP contribution in [0.2, 0.25) is 5.02 Å². The maximum absolute atomic E-state index is 13.4. The van der Waals surface area contributed by atoms with Crippen molar-refractivity contribution in [2.24, 2.45) is 0 Å². The molecule has 0 radical (unpaired) electrons. The van der Waals surface area contributed by atoms with Crippen LogP contribution in [0.4, 0.5) is 0 Å². The number of aromatic nitrogens is 6. The molecule has 0 fully saturated rings. The Labute approximate surface area is 193 Å². The van der Waals surface area contributed by atoms with E-state index in [-0.39, 0.29) is 17.6 Å². The Morgan fingerprint density at radius 2 is 1.78 bits per heavy atom. The molecule has 0 saturated carbocycles. The van der Waals surface area contributed by atoms with Gasteiger partial charge in [0.05, 0.1) is 10.3 Å². The number of nitrogens with zero attached hydrogens (tertiary/aromatic N) is 6. The Balaban J connectivity index is 1.97. The number of rotatable bonds is 10. The van der Waals surface area contributed by atoms with Crippen LogP contribution in [0.25, 0.3) is 11.5 Å². The van der Waals surface area contributed by atoms with Crippen LogP contribution in [0.15, 0.2) is 36.8 Å². The van der Waals surface area contributed by atoms with Crippen LogP contribution < -0.4 is 0 Å². The van der Waals surface area contributed by atoms with Crippen LogP contribution in [0.5, 0.6) is 0 Å². The maximum Gasteiger partial charge on any atom is 0.182 e. The average Bonchev–Trinajstić information content (AvgIpc) is 3.19. The van der Waals surface area contributed by atoms with Crippen LogP contribution in [-0.2, 0) is 20.3 Å². The second-order valence-corrected chi connectivity index (χ2v) is 10.2. The molecule has 3 rings (SSSR count). The number of methoxy groups -OCH3 is 1. The summed E-state index contributed by atoms with van der Waals surface area (Å²) in [6.07, 6.45) is 5.26. The summed E-state index contributed by atoms with van der Waals surface area (Å²) < 4.78 is 34.1. The van der Waals surface area contributed by atoms with Gasteiger partial charge in [-0.2, -0.15) is 0 Å². The summed E-state index contributed by atoms with van der Waals surface area (Å²) in [6.45, 7) is 5.69. The molecule has 172 valence electrons. The lowest BCUT2D eigenvalue weighted by Gasteiger charge is -2.23. The SMILES string of the molecule is CCC(CC)n1c(CS(=O)(=O)[C@@H](C)[C@H](OC)c2ncc(Cl)cn2)nnc1-c1ccccn1. The van der Waals surface area contributed by atoms with Gasteiger partial charge in [-0.25, -0.2) is 18.4 Å². The van der Waals surface area contributed by atoms with Crippen molar-refractivity contribution in [2.45, 2.75) is 56.8 Å². The minimum Gasteiger partial charge on any atom is -0.372 e. The van der Waals surface area contributed by atoms with E-state index >= 15 is 0 Å². The summed E-state index contributed by atoms with van der Waals surface area (Å²) in [4.78, 5) is 12.6. The van der Waals surface area contributed by atoms with Gasteiger partial charge in [-0.05, 0) is 31.9 Å². The highest BCUT2D eigenvalue weighted by atomic mass is 35.5. The van der Waals surface area contributed by atoms with Crippen molar-refractivity contribution in [1.29, 1.82) is 0 Å². The first-order valence-electron chi connectivity index (χ1n) is 10.4. The molecule has 0 saturated heterocycles. The van der Waals surface area contributed by atoms with Gasteiger partial charge >= 0.3 is 0 Å². The van der Waals surface area contributed by atoms with Gasteiger partial charge in [-0.1, -0.05) is 31.5 Å². The quantitative estimate of drug-likeness (QED) is 0.432. The van der Waals surface area contributed by atoms with Gasteiger partial charge in [-0.3, -0.25) is 4.98 Å². The number of hydrogen-bond acceptors (Lipinski definition) is 8. The van der Waals surface area contributed by atoms with E-state index in [1.807, 2.05) is 22.8 Å². The molecule has 32 heavy (non-hydrogen) atoms. The number of pyridine rings is 1. The van der Waals surface area contributed by atoms with Crippen LogP contribution in [0.3, 0.4) is 0 Å². The summed E-state index contributed by atoms with van der Waals surface area (Å²) in [6, 6.07) is 5.56. The van der Waals surface area contributed by atoms with Crippen molar-refractivity contribution in [3.05, 3.63) is 53.5 Å². The lowest BCUT2D eigenvalue weighted by molar-refractivity contribution is 0.0948. The van der Waals surface area contributed by atoms with Crippen molar-refractivity contribution in [3.63, 3.8) is 0 Å². The van der Waals surface area contributed by atoms with E-state index in [9.17, 15) is 8.42 Å². The molecule has 0 bridgehead atoms. The molecule has 3 heterocycles.